The Morgan fingerprint density at radius 1 is 1.04 bits per heavy atom. The highest BCUT2D eigenvalue weighted by Gasteiger charge is 2.27. The van der Waals surface area contributed by atoms with Crippen LogP contribution in [0.15, 0.2) is 0 Å². The average molecular weight is 358 g/mol. The van der Waals surface area contributed by atoms with Gasteiger partial charge in [-0.05, 0) is 59.2 Å². The zero-order valence-electron chi connectivity index (χ0n) is 18.6. The highest BCUT2D eigenvalue weighted by atomic mass is 16.1. The number of nitrogens with one attached hydrogen (secondary N) is 2. The van der Waals surface area contributed by atoms with Crippen molar-refractivity contribution in [3.8, 4) is 0 Å². The topological polar surface area (TPSA) is 44.4 Å². The molecule has 0 spiro atoms. The summed E-state index contributed by atoms with van der Waals surface area (Å²) < 4.78 is 0. The second-order valence-electron chi connectivity index (χ2n) is 7.44. The maximum absolute atomic E-state index is 10.9. The van der Waals surface area contributed by atoms with Crippen LogP contribution in [-0.4, -0.2) is 50.6 Å². The molecule has 4 nitrogen and oxygen atoms in total. The normalized spacial score (nSPS) is 14.7. The Kier molecular flexibility index (Phi) is 17.9. The molecular weight excluding hydrogens is 310 g/mol. The maximum atomic E-state index is 10.9. The second kappa shape index (κ2) is 16.8. The number of carbonyl (C=O) groups excluding carboxylic acids is 1. The summed E-state index contributed by atoms with van der Waals surface area (Å²) in [4.78, 5) is 13.6. The van der Waals surface area contributed by atoms with Gasteiger partial charge < -0.3 is 15.5 Å². The highest BCUT2D eigenvalue weighted by molar-refractivity contribution is 5.72. The molecule has 0 aromatic heterocycles. The van der Waals surface area contributed by atoms with Gasteiger partial charge in [0, 0.05) is 25.6 Å². The van der Waals surface area contributed by atoms with Crippen molar-refractivity contribution in [2.75, 3.05) is 27.7 Å². The molecule has 1 amide bonds. The van der Waals surface area contributed by atoms with E-state index < -0.39 is 0 Å². The van der Waals surface area contributed by atoms with Gasteiger partial charge in [0.15, 0.2) is 0 Å². The molecule has 0 rings (SSSR count). The van der Waals surface area contributed by atoms with Gasteiger partial charge in [-0.2, -0.15) is 0 Å². The van der Waals surface area contributed by atoms with Crippen molar-refractivity contribution in [2.24, 2.45) is 11.8 Å². The SMILES string of the molecule is CCCC(C(C)CCCNC(C)=O)N(C)C(C)C(CC)CC.CNC. The van der Waals surface area contributed by atoms with E-state index in [0.717, 1.165) is 18.9 Å². The molecule has 0 aliphatic heterocycles. The molecule has 0 saturated heterocycles. The zero-order valence-corrected chi connectivity index (χ0v) is 18.6. The van der Waals surface area contributed by atoms with E-state index in [4.69, 9.17) is 0 Å². The fraction of sp³-hybridized carbons (Fsp3) is 0.952. The lowest BCUT2D eigenvalue weighted by molar-refractivity contribution is -0.118. The highest BCUT2D eigenvalue weighted by Crippen LogP contribution is 2.26. The summed E-state index contributed by atoms with van der Waals surface area (Å²) >= 11 is 0. The van der Waals surface area contributed by atoms with E-state index in [9.17, 15) is 4.79 Å². The van der Waals surface area contributed by atoms with Crippen LogP contribution in [0.5, 0.6) is 0 Å². The van der Waals surface area contributed by atoms with E-state index >= 15 is 0 Å². The average Bonchev–Trinajstić information content (AvgIpc) is 2.57. The smallest absolute Gasteiger partial charge is 0.216 e. The Labute approximate surface area is 158 Å². The minimum atomic E-state index is 0.0808. The molecule has 0 heterocycles. The van der Waals surface area contributed by atoms with Crippen molar-refractivity contribution in [3.05, 3.63) is 0 Å². The third-order valence-electron chi connectivity index (χ3n) is 5.35. The molecule has 4 heteroatoms. The summed E-state index contributed by atoms with van der Waals surface area (Å²) in [5.74, 6) is 1.55. The summed E-state index contributed by atoms with van der Waals surface area (Å²) in [6, 6.07) is 1.29. The molecule has 0 bridgehead atoms. The van der Waals surface area contributed by atoms with E-state index in [2.05, 4.69) is 57.2 Å². The molecule has 3 unspecified atom stereocenters. The Hall–Kier alpha value is -0.610. The van der Waals surface area contributed by atoms with Crippen LogP contribution in [-0.2, 0) is 4.79 Å². The van der Waals surface area contributed by atoms with E-state index in [0.29, 0.717) is 18.0 Å². The Morgan fingerprint density at radius 2 is 1.56 bits per heavy atom. The van der Waals surface area contributed by atoms with Crippen molar-refractivity contribution in [3.63, 3.8) is 0 Å². The van der Waals surface area contributed by atoms with Crippen molar-refractivity contribution in [2.45, 2.75) is 92.2 Å². The maximum Gasteiger partial charge on any atom is 0.216 e. The predicted molar refractivity (Wildman–Crippen MR) is 112 cm³/mol. The number of hydrogen-bond acceptors (Lipinski definition) is 3. The molecule has 0 radical (unpaired) electrons. The molecule has 3 atom stereocenters. The molecule has 0 aromatic carbocycles. The molecule has 2 N–H and O–H groups in total. The lowest BCUT2D eigenvalue weighted by atomic mass is 9.87. The summed E-state index contributed by atoms with van der Waals surface area (Å²) in [7, 11) is 6.06. The third-order valence-corrected chi connectivity index (χ3v) is 5.35. The van der Waals surface area contributed by atoms with Crippen LogP contribution >= 0.6 is 0 Å². The van der Waals surface area contributed by atoms with Crippen LogP contribution in [0.2, 0.25) is 0 Å². The lowest BCUT2D eigenvalue weighted by Crippen LogP contribution is -2.45. The zero-order chi connectivity index (χ0) is 19.8. The molecule has 0 aliphatic rings. The van der Waals surface area contributed by atoms with Gasteiger partial charge in [-0.15, -0.1) is 0 Å². The van der Waals surface area contributed by atoms with Crippen LogP contribution in [0, 0.1) is 11.8 Å². The molecule has 0 aliphatic carbocycles. The fourth-order valence-corrected chi connectivity index (χ4v) is 3.67. The number of amides is 1. The number of hydrogen-bond donors (Lipinski definition) is 2. The third kappa shape index (κ3) is 12.4. The van der Waals surface area contributed by atoms with Gasteiger partial charge in [0.1, 0.15) is 0 Å². The second-order valence-corrected chi connectivity index (χ2v) is 7.44. The Morgan fingerprint density at radius 3 is 1.96 bits per heavy atom. The van der Waals surface area contributed by atoms with Crippen LogP contribution in [0.3, 0.4) is 0 Å². The van der Waals surface area contributed by atoms with Crippen molar-refractivity contribution < 1.29 is 4.79 Å². The number of nitrogens with zero attached hydrogens (tertiary/aromatic N) is 1. The first-order valence-electron chi connectivity index (χ1n) is 10.3. The molecular formula is C21H47N3O. The minimum Gasteiger partial charge on any atom is -0.356 e. The van der Waals surface area contributed by atoms with E-state index in [1.54, 1.807) is 6.92 Å². The van der Waals surface area contributed by atoms with Gasteiger partial charge in [-0.1, -0.05) is 47.0 Å². The van der Waals surface area contributed by atoms with Crippen molar-refractivity contribution in [1.82, 2.24) is 15.5 Å². The number of rotatable bonds is 12. The van der Waals surface area contributed by atoms with Gasteiger partial charge in [0.05, 0.1) is 0 Å². The lowest BCUT2D eigenvalue weighted by Gasteiger charge is -2.40. The van der Waals surface area contributed by atoms with Crippen LogP contribution in [0.25, 0.3) is 0 Å². The van der Waals surface area contributed by atoms with Gasteiger partial charge in [-0.3, -0.25) is 4.79 Å². The van der Waals surface area contributed by atoms with Crippen LogP contribution in [0.1, 0.15) is 80.1 Å². The Bertz CT molecular complexity index is 306. The molecule has 25 heavy (non-hydrogen) atoms. The summed E-state index contributed by atoms with van der Waals surface area (Å²) in [6.07, 6.45) is 7.29. The van der Waals surface area contributed by atoms with Gasteiger partial charge in [0.2, 0.25) is 5.91 Å². The van der Waals surface area contributed by atoms with E-state index in [1.165, 1.54) is 32.1 Å². The number of carbonyl (C=O) groups is 1. The van der Waals surface area contributed by atoms with Gasteiger partial charge in [0.25, 0.3) is 0 Å². The van der Waals surface area contributed by atoms with E-state index in [1.807, 2.05) is 14.1 Å². The largest absolute Gasteiger partial charge is 0.356 e. The standard InChI is InChI=1S/C19H40N2O.C2H7N/c1-8-12-19(15(4)13-11-14-20-17(6)22)21(7)16(5)18(9-2)10-3;1-3-2/h15-16,18-19H,8-14H2,1-7H3,(H,20,22);3H,1-2H3. The molecule has 0 fully saturated rings. The van der Waals surface area contributed by atoms with Crippen molar-refractivity contribution in [1.29, 1.82) is 0 Å². The van der Waals surface area contributed by atoms with Gasteiger partial charge >= 0.3 is 0 Å². The first-order valence-corrected chi connectivity index (χ1v) is 10.3. The first kappa shape index (κ1) is 26.6. The first-order chi connectivity index (χ1) is 11.8. The fourth-order valence-electron chi connectivity index (χ4n) is 3.67. The van der Waals surface area contributed by atoms with Crippen LogP contribution < -0.4 is 10.6 Å². The van der Waals surface area contributed by atoms with E-state index in [-0.39, 0.29) is 5.91 Å². The predicted octanol–water partition coefficient (Wildman–Crippen LogP) is 4.30. The Balaban J connectivity index is 0. The summed E-state index contributed by atoms with van der Waals surface area (Å²) in [6.45, 7) is 14.1. The molecule has 152 valence electrons. The summed E-state index contributed by atoms with van der Waals surface area (Å²) in [5, 5.41) is 5.66. The van der Waals surface area contributed by atoms with Crippen LogP contribution in [0.4, 0.5) is 0 Å². The summed E-state index contributed by atoms with van der Waals surface area (Å²) in [5.41, 5.74) is 0. The van der Waals surface area contributed by atoms with Crippen molar-refractivity contribution >= 4 is 5.91 Å². The monoisotopic (exact) mass is 357 g/mol. The minimum absolute atomic E-state index is 0.0808. The molecule has 0 aromatic rings. The molecule has 0 saturated carbocycles. The van der Waals surface area contributed by atoms with Gasteiger partial charge in [-0.25, -0.2) is 0 Å². The quantitative estimate of drug-likeness (QED) is 0.512.